The van der Waals surface area contributed by atoms with Crippen molar-refractivity contribution in [3.63, 3.8) is 0 Å². The van der Waals surface area contributed by atoms with Crippen molar-refractivity contribution in [2.75, 3.05) is 18.9 Å². The highest BCUT2D eigenvalue weighted by Gasteiger charge is 2.09. The van der Waals surface area contributed by atoms with Crippen molar-refractivity contribution in [2.45, 2.75) is 6.42 Å². The van der Waals surface area contributed by atoms with Crippen LogP contribution in [-0.2, 0) is 16.0 Å². The van der Waals surface area contributed by atoms with Gasteiger partial charge in [0.1, 0.15) is 5.82 Å². The SMILES string of the molecule is Nc1ccc(C(=O)OCC(=O)NCCc2ccc(F)cc2)cc1. The van der Waals surface area contributed by atoms with Crippen molar-refractivity contribution in [3.8, 4) is 0 Å². The number of carbonyl (C=O) groups is 2. The van der Waals surface area contributed by atoms with Crippen LogP contribution in [0.3, 0.4) is 0 Å². The van der Waals surface area contributed by atoms with Gasteiger partial charge in [0.15, 0.2) is 6.61 Å². The predicted molar refractivity (Wildman–Crippen MR) is 84.3 cm³/mol. The molecule has 0 unspecified atom stereocenters. The monoisotopic (exact) mass is 316 g/mol. The molecule has 0 atom stereocenters. The molecule has 0 saturated carbocycles. The average Bonchev–Trinajstić information content (AvgIpc) is 2.55. The highest BCUT2D eigenvalue weighted by molar-refractivity contribution is 5.91. The van der Waals surface area contributed by atoms with Crippen LogP contribution in [0, 0.1) is 5.82 Å². The first-order valence-corrected chi connectivity index (χ1v) is 7.08. The first-order valence-electron chi connectivity index (χ1n) is 7.08. The number of rotatable bonds is 6. The molecule has 2 aromatic carbocycles. The molecule has 6 heteroatoms. The van der Waals surface area contributed by atoms with E-state index < -0.39 is 11.9 Å². The van der Waals surface area contributed by atoms with E-state index in [4.69, 9.17) is 10.5 Å². The fourth-order valence-corrected chi connectivity index (χ4v) is 1.88. The summed E-state index contributed by atoms with van der Waals surface area (Å²) in [4.78, 5) is 23.3. The zero-order valence-corrected chi connectivity index (χ0v) is 12.4. The summed E-state index contributed by atoms with van der Waals surface area (Å²) in [7, 11) is 0. The van der Waals surface area contributed by atoms with Crippen LogP contribution < -0.4 is 11.1 Å². The van der Waals surface area contributed by atoms with Gasteiger partial charge in [0.05, 0.1) is 5.56 Å². The van der Waals surface area contributed by atoms with Gasteiger partial charge in [-0.2, -0.15) is 0 Å². The van der Waals surface area contributed by atoms with E-state index in [1.807, 2.05) is 0 Å². The fourth-order valence-electron chi connectivity index (χ4n) is 1.88. The molecular weight excluding hydrogens is 299 g/mol. The zero-order valence-electron chi connectivity index (χ0n) is 12.4. The van der Waals surface area contributed by atoms with Crippen LogP contribution in [0.4, 0.5) is 10.1 Å². The number of halogens is 1. The molecule has 0 radical (unpaired) electrons. The number of esters is 1. The first kappa shape index (κ1) is 16.5. The summed E-state index contributed by atoms with van der Waals surface area (Å²) in [5.41, 5.74) is 7.30. The van der Waals surface area contributed by atoms with E-state index in [1.54, 1.807) is 24.3 Å². The Bertz CT molecular complexity index is 669. The number of anilines is 1. The molecule has 1 amide bonds. The Labute approximate surface area is 133 Å². The van der Waals surface area contributed by atoms with Gasteiger partial charge in [-0.15, -0.1) is 0 Å². The molecular formula is C17H17FN2O3. The molecule has 120 valence electrons. The summed E-state index contributed by atoms with van der Waals surface area (Å²) in [5.74, 6) is -1.28. The van der Waals surface area contributed by atoms with Crippen LogP contribution in [0.5, 0.6) is 0 Å². The van der Waals surface area contributed by atoms with Crippen molar-refractivity contribution in [1.82, 2.24) is 5.32 Å². The minimum atomic E-state index is -0.585. The van der Waals surface area contributed by atoms with Crippen LogP contribution in [-0.4, -0.2) is 25.0 Å². The fraction of sp³-hybridized carbons (Fsp3) is 0.176. The standard InChI is InChI=1S/C17H17FN2O3/c18-14-5-1-12(2-6-14)9-10-20-16(21)11-23-17(22)13-3-7-15(19)8-4-13/h1-8H,9-11,19H2,(H,20,21). The summed E-state index contributed by atoms with van der Waals surface area (Å²) in [6.45, 7) is 0.0243. The lowest BCUT2D eigenvalue weighted by Crippen LogP contribution is -2.30. The van der Waals surface area contributed by atoms with Gasteiger partial charge in [-0.1, -0.05) is 12.1 Å². The van der Waals surface area contributed by atoms with Crippen molar-refractivity contribution < 1.29 is 18.7 Å². The number of hydrogen-bond donors (Lipinski definition) is 2. The van der Waals surface area contributed by atoms with Gasteiger partial charge < -0.3 is 15.8 Å². The number of carbonyl (C=O) groups excluding carboxylic acids is 2. The molecule has 0 spiro atoms. The average molecular weight is 316 g/mol. The van der Waals surface area contributed by atoms with Gasteiger partial charge >= 0.3 is 5.97 Å². The van der Waals surface area contributed by atoms with Crippen LogP contribution in [0.25, 0.3) is 0 Å². The van der Waals surface area contributed by atoms with E-state index in [0.29, 0.717) is 24.2 Å². The van der Waals surface area contributed by atoms with Gasteiger partial charge in [-0.25, -0.2) is 9.18 Å². The van der Waals surface area contributed by atoms with Crippen LogP contribution >= 0.6 is 0 Å². The molecule has 0 aliphatic carbocycles. The van der Waals surface area contributed by atoms with Gasteiger partial charge in [-0.05, 0) is 48.4 Å². The number of ether oxygens (including phenoxy) is 1. The molecule has 23 heavy (non-hydrogen) atoms. The predicted octanol–water partition coefficient (Wildman–Crippen LogP) is 1.92. The lowest BCUT2D eigenvalue weighted by molar-refractivity contribution is -0.124. The Morgan fingerprint density at radius 1 is 1.04 bits per heavy atom. The minimum Gasteiger partial charge on any atom is -0.452 e. The lowest BCUT2D eigenvalue weighted by Gasteiger charge is -2.07. The summed E-state index contributed by atoms with van der Waals surface area (Å²) in [6, 6.07) is 12.3. The van der Waals surface area contributed by atoms with E-state index in [0.717, 1.165) is 5.56 Å². The van der Waals surface area contributed by atoms with Gasteiger partial charge in [0, 0.05) is 12.2 Å². The third-order valence-electron chi connectivity index (χ3n) is 3.13. The Hall–Kier alpha value is -2.89. The number of nitrogen functional groups attached to an aromatic ring is 1. The second-order valence-corrected chi connectivity index (χ2v) is 4.92. The maximum Gasteiger partial charge on any atom is 0.338 e. The molecule has 2 rings (SSSR count). The van der Waals surface area contributed by atoms with Crippen molar-refractivity contribution >= 4 is 17.6 Å². The maximum absolute atomic E-state index is 12.8. The quantitative estimate of drug-likeness (QED) is 0.630. The van der Waals surface area contributed by atoms with Crippen molar-refractivity contribution in [3.05, 3.63) is 65.5 Å². The van der Waals surface area contributed by atoms with E-state index in [1.165, 1.54) is 24.3 Å². The topological polar surface area (TPSA) is 81.4 Å². The Kier molecular flexibility index (Phi) is 5.68. The number of hydrogen-bond acceptors (Lipinski definition) is 4. The van der Waals surface area contributed by atoms with Crippen molar-refractivity contribution in [1.29, 1.82) is 0 Å². The summed E-state index contributed by atoms with van der Waals surface area (Å²) < 4.78 is 17.7. The number of amides is 1. The molecule has 0 aliphatic heterocycles. The molecule has 3 N–H and O–H groups in total. The van der Waals surface area contributed by atoms with E-state index in [9.17, 15) is 14.0 Å². The van der Waals surface area contributed by atoms with Gasteiger partial charge in [0.25, 0.3) is 5.91 Å². The normalized spacial score (nSPS) is 10.1. The Balaban J connectivity index is 1.69. The highest BCUT2D eigenvalue weighted by atomic mass is 19.1. The molecule has 5 nitrogen and oxygen atoms in total. The number of nitrogens with two attached hydrogens (primary N) is 1. The minimum absolute atomic E-state index is 0.299. The summed E-state index contributed by atoms with van der Waals surface area (Å²) >= 11 is 0. The Morgan fingerprint density at radius 2 is 1.70 bits per heavy atom. The Morgan fingerprint density at radius 3 is 2.35 bits per heavy atom. The molecule has 2 aromatic rings. The number of nitrogens with one attached hydrogen (secondary N) is 1. The van der Waals surface area contributed by atoms with Crippen LogP contribution in [0.1, 0.15) is 15.9 Å². The van der Waals surface area contributed by atoms with Crippen LogP contribution in [0.15, 0.2) is 48.5 Å². The maximum atomic E-state index is 12.8. The highest BCUT2D eigenvalue weighted by Crippen LogP contribution is 2.06. The lowest BCUT2D eigenvalue weighted by atomic mass is 10.1. The third kappa shape index (κ3) is 5.43. The molecule has 0 aliphatic rings. The summed E-state index contributed by atoms with van der Waals surface area (Å²) in [6.07, 6.45) is 0.567. The molecule has 0 fully saturated rings. The second-order valence-electron chi connectivity index (χ2n) is 4.92. The molecule has 0 aromatic heterocycles. The molecule has 0 saturated heterocycles. The third-order valence-corrected chi connectivity index (χ3v) is 3.13. The van der Waals surface area contributed by atoms with E-state index >= 15 is 0 Å². The van der Waals surface area contributed by atoms with Crippen LogP contribution in [0.2, 0.25) is 0 Å². The number of benzene rings is 2. The molecule has 0 heterocycles. The smallest absolute Gasteiger partial charge is 0.338 e. The van der Waals surface area contributed by atoms with Gasteiger partial charge in [0.2, 0.25) is 0 Å². The van der Waals surface area contributed by atoms with E-state index in [2.05, 4.69) is 5.32 Å². The van der Waals surface area contributed by atoms with Gasteiger partial charge in [-0.3, -0.25) is 4.79 Å². The van der Waals surface area contributed by atoms with E-state index in [-0.39, 0.29) is 12.4 Å². The first-order chi connectivity index (χ1) is 11.0. The van der Waals surface area contributed by atoms with Crippen molar-refractivity contribution in [2.24, 2.45) is 0 Å². The zero-order chi connectivity index (χ0) is 16.7. The summed E-state index contributed by atoms with van der Waals surface area (Å²) in [5, 5.41) is 2.63. The largest absolute Gasteiger partial charge is 0.452 e. The second kappa shape index (κ2) is 7.93. The molecule has 0 bridgehead atoms.